The number of para-hydroxylation sites is 1. The molecule has 0 spiro atoms. The molecule has 0 aliphatic carbocycles. The average Bonchev–Trinajstić information content (AvgIpc) is 2.74. The van der Waals surface area contributed by atoms with Gasteiger partial charge in [-0.2, -0.15) is 0 Å². The van der Waals surface area contributed by atoms with Crippen LogP contribution in [0.3, 0.4) is 0 Å². The standard InChI is InChI=1S/C21H24ClN3O3/c22-18-14-16(15-19-20(18)28-13-12-27-19)6-7-23-21(26)25-10-8-24(9-11-25)17-4-2-1-3-5-17/h1-5,14-15H,6-13H2,(H,23,26). The largest absolute Gasteiger partial charge is 0.486 e. The number of benzene rings is 2. The van der Waals surface area contributed by atoms with Crippen LogP contribution in [0.15, 0.2) is 42.5 Å². The molecule has 0 aromatic heterocycles. The van der Waals surface area contributed by atoms with Crippen molar-refractivity contribution in [2.45, 2.75) is 6.42 Å². The third-order valence-corrected chi connectivity index (χ3v) is 5.32. The Kier molecular flexibility index (Phi) is 5.76. The van der Waals surface area contributed by atoms with Crippen molar-refractivity contribution < 1.29 is 14.3 Å². The molecule has 28 heavy (non-hydrogen) atoms. The predicted octanol–water partition coefficient (Wildman–Crippen LogP) is 3.19. The highest BCUT2D eigenvalue weighted by atomic mass is 35.5. The minimum absolute atomic E-state index is 0.0173. The number of urea groups is 1. The summed E-state index contributed by atoms with van der Waals surface area (Å²) < 4.78 is 11.1. The predicted molar refractivity (Wildman–Crippen MR) is 110 cm³/mol. The summed E-state index contributed by atoms with van der Waals surface area (Å²) in [4.78, 5) is 16.6. The van der Waals surface area contributed by atoms with Crippen LogP contribution in [0.25, 0.3) is 0 Å². The number of carbonyl (C=O) groups excluding carboxylic acids is 1. The van der Waals surface area contributed by atoms with Crippen LogP contribution in [0, 0.1) is 0 Å². The molecule has 2 aliphatic heterocycles. The van der Waals surface area contributed by atoms with E-state index in [1.807, 2.05) is 35.2 Å². The molecule has 7 heteroatoms. The molecule has 0 unspecified atom stereocenters. The summed E-state index contributed by atoms with van der Waals surface area (Å²) >= 11 is 6.27. The van der Waals surface area contributed by atoms with Crippen LogP contribution < -0.4 is 19.7 Å². The highest BCUT2D eigenvalue weighted by molar-refractivity contribution is 6.32. The molecule has 0 saturated carbocycles. The molecule has 2 heterocycles. The zero-order valence-electron chi connectivity index (χ0n) is 15.7. The third-order valence-electron chi connectivity index (χ3n) is 5.03. The molecule has 0 atom stereocenters. The minimum atomic E-state index is -0.0173. The summed E-state index contributed by atoms with van der Waals surface area (Å²) in [6.45, 7) is 4.71. The summed E-state index contributed by atoms with van der Waals surface area (Å²) in [6.07, 6.45) is 0.687. The SMILES string of the molecule is O=C(NCCc1cc(Cl)c2c(c1)OCCO2)N1CCN(c2ccccc2)CC1. The lowest BCUT2D eigenvalue weighted by Crippen LogP contribution is -2.52. The van der Waals surface area contributed by atoms with Crippen molar-refractivity contribution in [2.75, 3.05) is 50.8 Å². The third kappa shape index (κ3) is 4.28. The number of carbonyl (C=O) groups is 1. The maximum atomic E-state index is 12.5. The van der Waals surface area contributed by atoms with Crippen LogP contribution >= 0.6 is 11.6 Å². The number of nitrogens with one attached hydrogen (secondary N) is 1. The van der Waals surface area contributed by atoms with Gasteiger partial charge < -0.3 is 24.6 Å². The molecule has 1 fully saturated rings. The lowest BCUT2D eigenvalue weighted by molar-refractivity contribution is 0.171. The first-order chi connectivity index (χ1) is 13.7. The molecule has 6 nitrogen and oxygen atoms in total. The van der Waals surface area contributed by atoms with E-state index < -0.39 is 0 Å². The number of amides is 2. The molecule has 0 radical (unpaired) electrons. The number of nitrogens with zero attached hydrogens (tertiary/aromatic N) is 2. The van der Waals surface area contributed by atoms with Crippen molar-refractivity contribution in [1.82, 2.24) is 10.2 Å². The van der Waals surface area contributed by atoms with Gasteiger partial charge in [-0.15, -0.1) is 0 Å². The van der Waals surface area contributed by atoms with Gasteiger partial charge in [-0.3, -0.25) is 0 Å². The molecule has 2 aromatic rings. The number of ether oxygens (including phenoxy) is 2. The van der Waals surface area contributed by atoms with Crippen LogP contribution in [0.2, 0.25) is 5.02 Å². The van der Waals surface area contributed by atoms with E-state index in [1.165, 1.54) is 5.69 Å². The zero-order chi connectivity index (χ0) is 19.3. The van der Waals surface area contributed by atoms with Crippen molar-refractivity contribution in [3.8, 4) is 11.5 Å². The summed E-state index contributed by atoms with van der Waals surface area (Å²) in [6, 6.07) is 14.1. The van der Waals surface area contributed by atoms with Gasteiger partial charge >= 0.3 is 6.03 Å². The monoisotopic (exact) mass is 401 g/mol. The Labute approximate surface area is 170 Å². The number of hydrogen-bond acceptors (Lipinski definition) is 4. The summed E-state index contributed by atoms with van der Waals surface area (Å²) in [7, 11) is 0. The second-order valence-electron chi connectivity index (χ2n) is 6.89. The van der Waals surface area contributed by atoms with Gasteiger partial charge in [0.2, 0.25) is 0 Å². The summed E-state index contributed by atoms with van der Waals surface area (Å²) in [5.74, 6) is 1.29. The van der Waals surface area contributed by atoms with E-state index in [0.29, 0.717) is 42.7 Å². The summed E-state index contributed by atoms with van der Waals surface area (Å²) in [5, 5.41) is 3.56. The average molecular weight is 402 g/mol. The quantitative estimate of drug-likeness (QED) is 0.854. The van der Waals surface area contributed by atoms with Crippen LogP contribution in [0.1, 0.15) is 5.56 Å². The van der Waals surface area contributed by atoms with Gasteiger partial charge in [-0.25, -0.2) is 4.79 Å². The molecule has 2 amide bonds. The van der Waals surface area contributed by atoms with E-state index in [1.54, 1.807) is 0 Å². The van der Waals surface area contributed by atoms with E-state index in [2.05, 4.69) is 22.3 Å². The molecule has 2 aromatic carbocycles. The van der Waals surface area contributed by atoms with Crippen molar-refractivity contribution in [3.05, 3.63) is 53.1 Å². The summed E-state index contributed by atoms with van der Waals surface area (Å²) in [5.41, 5.74) is 2.22. The lowest BCUT2D eigenvalue weighted by Gasteiger charge is -2.36. The van der Waals surface area contributed by atoms with Crippen molar-refractivity contribution in [2.24, 2.45) is 0 Å². The van der Waals surface area contributed by atoms with E-state index in [-0.39, 0.29) is 6.03 Å². The Morgan fingerprint density at radius 2 is 1.79 bits per heavy atom. The highest BCUT2D eigenvalue weighted by Crippen LogP contribution is 2.38. The highest BCUT2D eigenvalue weighted by Gasteiger charge is 2.21. The maximum absolute atomic E-state index is 12.5. The van der Waals surface area contributed by atoms with Gasteiger partial charge in [-0.1, -0.05) is 29.8 Å². The molecule has 1 N–H and O–H groups in total. The van der Waals surface area contributed by atoms with E-state index in [0.717, 1.165) is 31.7 Å². The van der Waals surface area contributed by atoms with Crippen LogP contribution in [0.5, 0.6) is 11.5 Å². The smallest absolute Gasteiger partial charge is 0.317 e. The molecule has 1 saturated heterocycles. The van der Waals surface area contributed by atoms with Gasteiger partial charge in [0.1, 0.15) is 13.2 Å². The van der Waals surface area contributed by atoms with E-state index in [4.69, 9.17) is 21.1 Å². The zero-order valence-corrected chi connectivity index (χ0v) is 16.5. The van der Waals surface area contributed by atoms with Gasteiger partial charge in [0.05, 0.1) is 5.02 Å². The van der Waals surface area contributed by atoms with Gasteiger partial charge in [0.15, 0.2) is 11.5 Å². The van der Waals surface area contributed by atoms with Crippen molar-refractivity contribution >= 4 is 23.3 Å². The molecule has 2 aliphatic rings. The Hall–Kier alpha value is -2.60. The number of halogens is 1. The number of anilines is 1. The fourth-order valence-electron chi connectivity index (χ4n) is 3.54. The van der Waals surface area contributed by atoms with Crippen molar-refractivity contribution in [1.29, 1.82) is 0 Å². The van der Waals surface area contributed by atoms with Gasteiger partial charge in [0.25, 0.3) is 0 Å². The first kappa shape index (κ1) is 18.7. The van der Waals surface area contributed by atoms with Crippen LogP contribution in [0.4, 0.5) is 10.5 Å². The topological polar surface area (TPSA) is 54.0 Å². The number of fused-ring (bicyclic) bond motifs is 1. The Balaban J connectivity index is 1.25. The number of hydrogen-bond donors (Lipinski definition) is 1. The Morgan fingerprint density at radius 1 is 1.04 bits per heavy atom. The van der Waals surface area contributed by atoms with Crippen LogP contribution in [-0.2, 0) is 6.42 Å². The maximum Gasteiger partial charge on any atom is 0.317 e. The molecule has 148 valence electrons. The first-order valence-corrected chi connectivity index (χ1v) is 9.99. The number of rotatable bonds is 4. The number of piperazine rings is 1. The van der Waals surface area contributed by atoms with Gasteiger partial charge in [0, 0.05) is 38.4 Å². The second-order valence-corrected chi connectivity index (χ2v) is 7.30. The minimum Gasteiger partial charge on any atom is -0.486 e. The first-order valence-electron chi connectivity index (χ1n) is 9.61. The van der Waals surface area contributed by atoms with Crippen molar-refractivity contribution in [3.63, 3.8) is 0 Å². The van der Waals surface area contributed by atoms with Gasteiger partial charge in [-0.05, 0) is 36.2 Å². The Bertz CT molecular complexity index is 823. The fourth-order valence-corrected chi connectivity index (χ4v) is 3.83. The van der Waals surface area contributed by atoms with E-state index in [9.17, 15) is 4.79 Å². The lowest BCUT2D eigenvalue weighted by atomic mass is 10.1. The van der Waals surface area contributed by atoms with E-state index >= 15 is 0 Å². The second kappa shape index (κ2) is 8.61. The molecule has 0 bridgehead atoms. The normalized spacial score (nSPS) is 16.0. The molecular weight excluding hydrogens is 378 g/mol. The molecule has 4 rings (SSSR count). The van der Waals surface area contributed by atoms with Crippen LogP contribution in [-0.4, -0.2) is 56.9 Å². The fraction of sp³-hybridized carbons (Fsp3) is 0.381. The molecular formula is C21H24ClN3O3. The Morgan fingerprint density at radius 3 is 2.57 bits per heavy atom.